The van der Waals surface area contributed by atoms with Crippen molar-refractivity contribution in [3.8, 4) is 5.75 Å². The van der Waals surface area contributed by atoms with Crippen LogP contribution in [0.25, 0.3) is 10.9 Å². The quantitative estimate of drug-likeness (QED) is 0.704. The molecule has 0 fully saturated rings. The third-order valence-electron chi connectivity index (χ3n) is 3.94. The molecule has 7 nitrogen and oxygen atoms in total. The fourth-order valence-electron chi connectivity index (χ4n) is 2.55. The average Bonchev–Trinajstić information content (AvgIpc) is 2.64. The van der Waals surface area contributed by atoms with E-state index in [-0.39, 0.29) is 18.0 Å². The zero-order valence-electron chi connectivity index (χ0n) is 14.0. The lowest BCUT2D eigenvalue weighted by atomic mass is 10.2. The second kappa shape index (κ2) is 7.12. The Morgan fingerprint density at radius 1 is 1.16 bits per heavy atom. The molecule has 25 heavy (non-hydrogen) atoms. The maximum atomic E-state index is 12.5. The number of carbonyl (C=O) groups excluding carboxylic acids is 1. The summed E-state index contributed by atoms with van der Waals surface area (Å²) in [5, 5.41) is 8.28. The van der Waals surface area contributed by atoms with Crippen LogP contribution in [0.15, 0.2) is 53.3 Å². The van der Waals surface area contributed by atoms with Gasteiger partial charge in [-0.1, -0.05) is 35.5 Å². The van der Waals surface area contributed by atoms with E-state index in [2.05, 4.69) is 10.3 Å². The molecule has 0 aliphatic rings. The van der Waals surface area contributed by atoms with Crippen LogP contribution in [0.4, 0.5) is 0 Å². The van der Waals surface area contributed by atoms with Crippen molar-refractivity contribution in [2.75, 3.05) is 14.2 Å². The number of hydrogen-bond donors (Lipinski definition) is 0. The molecule has 0 aliphatic heterocycles. The summed E-state index contributed by atoms with van der Waals surface area (Å²) in [4.78, 5) is 26.4. The number of carbonyl (C=O) groups is 1. The number of rotatable bonds is 5. The van der Waals surface area contributed by atoms with E-state index in [0.717, 1.165) is 10.2 Å². The molecular formula is C18H18N4O3. The monoisotopic (exact) mass is 338 g/mol. The SMILES string of the molecule is COc1ccccc1CN(C)C(=O)Cn1nnc2ccccc2c1=O. The van der Waals surface area contributed by atoms with Gasteiger partial charge in [0.25, 0.3) is 5.56 Å². The van der Waals surface area contributed by atoms with Gasteiger partial charge in [0.15, 0.2) is 0 Å². The molecule has 0 unspecified atom stereocenters. The molecule has 2 aromatic carbocycles. The smallest absolute Gasteiger partial charge is 0.278 e. The summed E-state index contributed by atoms with van der Waals surface area (Å²) in [6.45, 7) is 0.209. The highest BCUT2D eigenvalue weighted by atomic mass is 16.5. The van der Waals surface area contributed by atoms with Crippen LogP contribution in [0.1, 0.15) is 5.56 Å². The molecule has 0 saturated carbocycles. The maximum absolute atomic E-state index is 12.5. The van der Waals surface area contributed by atoms with Gasteiger partial charge in [-0.15, -0.1) is 5.10 Å². The third-order valence-corrected chi connectivity index (χ3v) is 3.94. The van der Waals surface area contributed by atoms with Gasteiger partial charge in [0.05, 0.1) is 12.5 Å². The van der Waals surface area contributed by atoms with E-state index in [0.29, 0.717) is 23.2 Å². The van der Waals surface area contributed by atoms with E-state index in [1.54, 1.807) is 38.4 Å². The Morgan fingerprint density at radius 3 is 2.68 bits per heavy atom. The molecule has 0 aliphatic carbocycles. The predicted molar refractivity (Wildman–Crippen MR) is 93.3 cm³/mol. The van der Waals surface area contributed by atoms with Crippen molar-refractivity contribution in [1.29, 1.82) is 0 Å². The summed E-state index contributed by atoms with van der Waals surface area (Å²) in [5.41, 5.74) is 1.07. The van der Waals surface area contributed by atoms with Crippen molar-refractivity contribution in [3.05, 3.63) is 64.4 Å². The summed E-state index contributed by atoms with van der Waals surface area (Å²) in [7, 11) is 3.26. The van der Waals surface area contributed by atoms with E-state index in [1.807, 2.05) is 24.3 Å². The number of hydrogen-bond acceptors (Lipinski definition) is 5. The number of para-hydroxylation sites is 1. The Morgan fingerprint density at radius 2 is 1.88 bits per heavy atom. The lowest BCUT2D eigenvalue weighted by Crippen LogP contribution is -2.35. The van der Waals surface area contributed by atoms with Crippen LogP contribution < -0.4 is 10.3 Å². The first kappa shape index (κ1) is 16.6. The summed E-state index contributed by atoms with van der Waals surface area (Å²) in [6, 6.07) is 14.4. The fraction of sp³-hybridized carbons (Fsp3) is 0.222. The minimum atomic E-state index is -0.329. The fourth-order valence-corrected chi connectivity index (χ4v) is 2.55. The highest BCUT2D eigenvalue weighted by molar-refractivity contribution is 5.78. The molecule has 128 valence electrons. The van der Waals surface area contributed by atoms with Gasteiger partial charge in [-0.2, -0.15) is 0 Å². The van der Waals surface area contributed by atoms with E-state index in [4.69, 9.17) is 4.74 Å². The van der Waals surface area contributed by atoms with E-state index in [1.165, 1.54) is 4.90 Å². The van der Waals surface area contributed by atoms with Crippen molar-refractivity contribution in [2.24, 2.45) is 0 Å². The third kappa shape index (κ3) is 3.50. The van der Waals surface area contributed by atoms with Crippen molar-refractivity contribution in [2.45, 2.75) is 13.1 Å². The molecule has 0 saturated heterocycles. The van der Waals surface area contributed by atoms with E-state index in [9.17, 15) is 9.59 Å². The maximum Gasteiger partial charge on any atom is 0.278 e. The highest BCUT2D eigenvalue weighted by Crippen LogP contribution is 2.18. The number of likely N-dealkylation sites (N-methyl/N-ethyl adjacent to an activating group) is 1. The van der Waals surface area contributed by atoms with Crippen LogP contribution in [0, 0.1) is 0 Å². The zero-order chi connectivity index (χ0) is 17.8. The van der Waals surface area contributed by atoms with Gasteiger partial charge in [0.2, 0.25) is 5.91 Å². The van der Waals surface area contributed by atoms with Crippen molar-refractivity contribution < 1.29 is 9.53 Å². The Hall–Kier alpha value is -3.22. The van der Waals surface area contributed by atoms with Gasteiger partial charge >= 0.3 is 0 Å². The van der Waals surface area contributed by atoms with Crippen LogP contribution in [0.3, 0.4) is 0 Å². The molecule has 1 amide bonds. The lowest BCUT2D eigenvalue weighted by Gasteiger charge is -2.19. The second-order valence-corrected chi connectivity index (χ2v) is 5.63. The first-order chi connectivity index (χ1) is 12.1. The Kier molecular flexibility index (Phi) is 4.74. The standard InChI is InChI=1S/C18H18N4O3/c1-21(11-13-7-3-6-10-16(13)25-2)17(23)12-22-18(24)14-8-4-5-9-15(14)19-20-22/h3-10H,11-12H2,1-2H3. The molecule has 1 aromatic heterocycles. The molecule has 0 bridgehead atoms. The Balaban J connectivity index is 1.78. The van der Waals surface area contributed by atoms with Gasteiger partial charge in [-0.25, -0.2) is 4.68 Å². The molecule has 3 aromatic rings. The first-order valence-corrected chi connectivity index (χ1v) is 7.78. The summed E-state index contributed by atoms with van der Waals surface area (Å²) in [5.74, 6) is 0.474. The summed E-state index contributed by atoms with van der Waals surface area (Å²) in [6.07, 6.45) is 0. The molecule has 0 N–H and O–H groups in total. The topological polar surface area (TPSA) is 77.3 Å². The van der Waals surface area contributed by atoms with Crippen molar-refractivity contribution in [3.63, 3.8) is 0 Å². The molecule has 0 radical (unpaired) electrons. The Labute approximate surface area is 144 Å². The lowest BCUT2D eigenvalue weighted by molar-refractivity contribution is -0.131. The average molecular weight is 338 g/mol. The van der Waals surface area contributed by atoms with Crippen LogP contribution in [0.2, 0.25) is 0 Å². The van der Waals surface area contributed by atoms with Gasteiger partial charge in [-0.05, 0) is 18.2 Å². The zero-order valence-corrected chi connectivity index (χ0v) is 14.0. The molecule has 3 rings (SSSR count). The van der Waals surface area contributed by atoms with Crippen LogP contribution >= 0.6 is 0 Å². The van der Waals surface area contributed by atoms with E-state index < -0.39 is 0 Å². The number of fused-ring (bicyclic) bond motifs is 1. The molecular weight excluding hydrogens is 320 g/mol. The minimum Gasteiger partial charge on any atom is -0.496 e. The van der Waals surface area contributed by atoms with Crippen LogP contribution in [0.5, 0.6) is 5.75 Å². The predicted octanol–water partition coefficient (Wildman–Crippen LogP) is 1.46. The van der Waals surface area contributed by atoms with Gasteiger partial charge in [0, 0.05) is 19.2 Å². The highest BCUT2D eigenvalue weighted by Gasteiger charge is 2.15. The number of ether oxygens (including phenoxy) is 1. The van der Waals surface area contributed by atoms with Crippen LogP contribution in [-0.2, 0) is 17.9 Å². The van der Waals surface area contributed by atoms with E-state index >= 15 is 0 Å². The largest absolute Gasteiger partial charge is 0.496 e. The number of nitrogens with zero attached hydrogens (tertiary/aromatic N) is 4. The first-order valence-electron chi connectivity index (χ1n) is 7.78. The normalized spacial score (nSPS) is 10.6. The summed E-state index contributed by atoms with van der Waals surface area (Å²) < 4.78 is 6.38. The molecule has 1 heterocycles. The molecule has 7 heteroatoms. The van der Waals surface area contributed by atoms with Crippen molar-refractivity contribution in [1.82, 2.24) is 19.9 Å². The molecule has 0 spiro atoms. The van der Waals surface area contributed by atoms with Gasteiger partial charge < -0.3 is 9.64 Å². The molecule has 0 atom stereocenters. The Bertz CT molecular complexity index is 968. The van der Waals surface area contributed by atoms with Crippen molar-refractivity contribution >= 4 is 16.8 Å². The second-order valence-electron chi connectivity index (χ2n) is 5.63. The minimum absolute atomic E-state index is 0.164. The number of aromatic nitrogens is 3. The number of benzene rings is 2. The number of amides is 1. The van der Waals surface area contributed by atoms with Gasteiger partial charge in [0.1, 0.15) is 17.8 Å². The van der Waals surface area contributed by atoms with Gasteiger partial charge in [-0.3, -0.25) is 9.59 Å². The number of methoxy groups -OCH3 is 1. The van der Waals surface area contributed by atoms with Crippen LogP contribution in [-0.4, -0.2) is 40.0 Å². The summed E-state index contributed by atoms with van der Waals surface area (Å²) >= 11 is 0.